The average molecular weight is 250 g/mol. The van der Waals surface area contributed by atoms with Crippen LogP contribution in [0.15, 0.2) is 24.3 Å². The molecule has 0 heterocycles. The van der Waals surface area contributed by atoms with E-state index < -0.39 is 0 Å². The van der Waals surface area contributed by atoms with Gasteiger partial charge in [-0.05, 0) is 36.5 Å². The van der Waals surface area contributed by atoms with Gasteiger partial charge in [-0.3, -0.25) is 4.79 Å². The van der Waals surface area contributed by atoms with E-state index in [4.69, 9.17) is 10.8 Å². The number of hydrogen-bond acceptors (Lipinski definition) is 3. The number of benzene rings is 1. The van der Waals surface area contributed by atoms with E-state index in [1.807, 2.05) is 25.1 Å². The van der Waals surface area contributed by atoms with Crippen LogP contribution in [0.25, 0.3) is 0 Å². The predicted molar refractivity (Wildman–Crippen MR) is 73.1 cm³/mol. The summed E-state index contributed by atoms with van der Waals surface area (Å²) in [4.78, 5) is 11.6. The molecule has 100 valence electrons. The van der Waals surface area contributed by atoms with Gasteiger partial charge in [-0.2, -0.15) is 0 Å². The molecule has 0 spiro atoms. The Kier molecular flexibility index (Phi) is 6.22. The molecule has 1 aromatic rings. The number of anilines is 1. The van der Waals surface area contributed by atoms with E-state index in [0.29, 0.717) is 24.6 Å². The highest BCUT2D eigenvalue weighted by atomic mass is 16.3. The molecule has 0 radical (unpaired) electrons. The van der Waals surface area contributed by atoms with Gasteiger partial charge in [-0.25, -0.2) is 0 Å². The van der Waals surface area contributed by atoms with Crippen molar-refractivity contribution in [2.45, 2.75) is 26.2 Å². The van der Waals surface area contributed by atoms with Gasteiger partial charge in [0.05, 0.1) is 6.42 Å². The maximum Gasteiger partial charge on any atom is 0.224 e. The Labute approximate surface area is 108 Å². The molecule has 0 bridgehead atoms. The van der Waals surface area contributed by atoms with Crippen LogP contribution < -0.4 is 11.1 Å². The molecular formula is C14H22N2O2. The van der Waals surface area contributed by atoms with Crippen LogP contribution >= 0.6 is 0 Å². The van der Waals surface area contributed by atoms with Crippen LogP contribution in [0.1, 0.15) is 25.3 Å². The first-order chi connectivity index (χ1) is 8.61. The third kappa shape index (κ3) is 5.68. The third-order valence-corrected chi connectivity index (χ3v) is 2.82. The number of amides is 1. The number of nitrogen functional groups attached to an aromatic ring is 1. The number of nitrogens with one attached hydrogen (secondary N) is 1. The van der Waals surface area contributed by atoms with Gasteiger partial charge < -0.3 is 16.2 Å². The summed E-state index contributed by atoms with van der Waals surface area (Å²) in [5, 5.41) is 11.7. The summed E-state index contributed by atoms with van der Waals surface area (Å²) in [5.74, 6) is 0.313. The second-order valence-corrected chi connectivity index (χ2v) is 4.70. The molecule has 0 aliphatic rings. The highest BCUT2D eigenvalue weighted by molar-refractivity contribution is 5.78. The lowest BCUT2D eigenvalue weighted by Gasteiger charge is -2.08. The number of rotatable bonds is 7. The molecule has 1 atom stereocenters. The number of carbonyl (C=O) groups is 1. The number of aliphatic hydroxyl groups is 1. The Morgan fingerprint density at radius 3 is 2.94 bits per heavy atom. The summed E-state index contributed by atoms with van der Waals surface area (Å²) < 4.78 is 0. The molecule has 1 rings (SSSR count). The Bertz CT molecular complexity index is 380. The standard InChI is InChI=1S/C14H22N2O2/c1-11(10-17)4-3-7-16-14(18)9-12-5-2-6-13(15)8-12/h2,5-6,8,11,17H,3-4,7,9-10,15H2,1H3,(H,16,18). The molecule has 4 heteroatoms. The molecule has 1 unspecified atom stereocenters. The zero-order chi connectivity index (χ0) is 13.4. The van der Waals surface area contributed by atoms with Gasteiger partial charge in [-0.1, -0.05) is 19.1 Å². The van der Waals surface area contributed by atoms with E-state index in [1.54, 1.807) is 6.07 Å². The molecule has 0 saturated carbocycles. The summed E-state index contributed by atoms with van der Waals surface area (Å²) in [7, 11) is 0. The maximum absolute atomic E-state index is 11.6. The lowest BCUT2D eigenvalue weighted by Crippen LogP contribution is -2.26. The quantitative estimate of drug-likeness (QED) is 0.505. The molecule has 18 heavy (non-hydrogen) atoms. The van der Waals surface area contributed by atoms with Crippen LogP contribution in [-0.2, 0) is 11.2 Å². The molecule has 4 N–H and O–H groups in total. The van der Waals surface area contributed by atoms with Crippen LogP contribution in [0.4, 0.5) is 5.69 Å². The zero-order valence-corrected chi connectivity index (χ0v) is 10.9. The van der Waals surface area contributed by atoms with Crippen molar-refractivity contribution >= 4 is 11.6 Å². The monoisotopic (exact) mass is 250 g/mol. The number of hydrogen-bond donors (Lipinski definition) is 3. The lowest BCUT2D eigenvalue weighted by molar-refractivity contribution is -0.120. The van der Waals surface area contributed by atoms with Crippen molar-refractivity contribution in [2.24, 2.45) is 5.92 Å². The van der Waals surface area contributed by atoms with Crippen molar-refractivity contribution in [1.29, 1.82) is 0 Å². The summed E-state index contributed by atoms with van der Waals surface area (Å²) in [6.07, 6.45) is 2.18. The number of aliphatic hydroxyl groups excluding tert-OH is 1. The third-order valence-electron chi connectivity index (χ3n) is 2.82. The first-order valence-corrected chi connectivity index (χ1v) is 6.33. The van der Waals surface area contributed by atoms with Crippen LogP contribution in [-0.4, -0.2) is 24.2 Å². The fourth-order valence-electron chi connectivity index (χ4n) is 1.72. The zero-order valence-electron chi connectivity index (χ0n) is 10.9. The van der Waals surface area contributed by atoms with Crippen LogP contribution in [0.5, 0.6) is 0 Å². The number of carbonyl (C=O) groups excluding carboxylic acids is 1. The summed E-state index contributed by atoms with van der Waals surface area (Å²) in [5.41, 5.74) is 7.25. The second-order valence-electron chi connectivity index (χ2n) is 4.70. The minimum absolute atomic E-state index is 0.0113. The van der Waals surface area contributed by atoms with Crippen molar-refractivity contribution in [3.63, 3.8) is 0 Å². The molecule has 0 aromatic heterocycles. The molecule has 0 aliphatic carbocycles. The fourth-order valence-corrected chi connectivity index (χ4v) is 1.72. The minimum Gasteiger partial charge on any atom is -0.399 e. The molecule has 0 aliphatic heterocycles. The summed E-state index contributed by atoms with van der Waals surface area (Å²) >= 11 is 0. The van der Waals surface area contributed by atoms with E-state index in [-0.39, 0.29) is 12.5 Å². The summed E-state index contributed by atoms with van der Waals surface area (Å²) in [6, 6.07) is 7.36. The van der Waals surface area contributed by atoms with Crippen molar-refractivity contribution < 1.29 is 9.90 Å². The minimum atomic E-state index is 0.0113. The highest BCUT2D eigenvalue weighted by Crippen LogP contribution is 2.07. The van der Waals surface area contributed by atoms with Gasteiger partial charge in [0.1, 0.15) is 0 Å². The van der Waals surface area contributed by atoms with Crippen molar-refractivity contribution in [3.05, 3.63) is 29.8 Å². The molecule has 1 aromatic carbocycles. The van der Waals surface area contributed by atoms with E-state index >= 15 is 0 Å². The van der Waals surface area contributed by atoms with E-state index in [1.165, 1.54) is 0 Å². The van der Waals surface area contributed by atoms with Gasteiger partial charge in [0, 0.05) is 18.8 Å². The Hall–Kier alpha value is -1.55. The van der Waals surface area contributed by atoms with Crippen LogP contribution in [0.2, 0.25) is 0 Å². The Balaban J connectivity index is 2.22. The first kappa shape index (κ1) is 14.5. The molecule has 0 fully saturated rings. The van der Waals surface area contributed by atoms with E-state index in [0.717, 1.165) is 18.4 Å². The summed E-state index contributed by atoms with van der Waals surface area (Å²) in [6.45, 7) is 2.86. The highest BCUT2D eigenvalue weighted by Gasteiger charge is 2.04. The molecule has 4 nitrogen and oxygen atoms in total. The van der Waals surface area contributed by atoms with Gasteiger partial charge in [0.25, 0.3) is 0 Å². The SMILES string of the molecule is CC(CO)CCCNC(=O)Cc1cccc(N)c1. The molecule has 0 saturated heterocycles. The maximum atomic E-state index is 11.6. The first-order valence-electron chi connectivity index (χ1n) is 6.33. The fraction of sp³-hybridized carbons (Fsp3) is 0.500. The molecular weight excluding hydrogens is 228 g/mol. The smallest absolute Gasteiger partial charge is 0.224 e. The molecule has 1 amide bonds. The average Bonchev–Trinajstić information content (AvgIpc) is 2.34. The van der Waals surface area contributed by atoms with E-state index in [9.17, 15) is 4.79 Å². The van der Waals surface area contributed by atoms with Gasteiger partial charge in [0.15, 0.2) is 0 Å². The Morgan fingerprint density at radius 1 is 1.50 bits per heavy atom. The van der Waals surface area contributed by atoms with E-state index in [2.05, 4.69) is 5.32 Å². The largest absolute Gasteiger partial charge is 0.399 e. The lowest BCUT2D eigenvalue weighted by atomic mass is 10.1. The number of nitrogens with two attached hydrogens (primary N) is 1. The normalized spacial score (nSPS) is 12.1. The van der Waals surface area contributed by atoms with Gasteiger partial charge in [-0.15, -0.1) is 0 Å². The van der Waals surface area contributed by atoms with Crippen molar-refractivity contribution in [1.82, 2.24) is 5.32 Å². The van der Waals surface area contributed by atoms with Crippen molar-refractivity contribution in [3.8, 4) is 0 Å². The Morgan fingerprint density at radius 2 is 2.28 bits per heavy atom. The van der Waals surface area contributed by atoms with Crippen LogP contribution in [0, 0.1) is 5.92 Å². The van der Waals surface area contributed by atoms with Gasteiger partial charge in [0.2, 0.25) is 5.91 Å². The van der Waals surface area contributed by atoms with Gasteiger partial charge >= 0.3 is 0 Å². The topological polar surface area (TPSA) is 75.3 Å². The second kappa shape index (κ2) is 7.71. The van der Waals surface area contributed by atoms with Crippen LogP contribution in [0.3, 0.4) is 0 Å². The predicted octanol–water partition coefficient (Wildman–Crippen LogP) is 1.34. The van der Waals surface area contributed by atoms with Crippen molar-refractivity contribution in [2.75, 3.05) is 18.9 Å².